The van der Waals surface area contributed by atoms with E-state index in [-0.39, 0.29) is 5.91 Å². The summed E-state index contributed by atoms with van der Waals surface area (Å²) in [6.07, 6.45) is 1.16. The summed E-state index contributed by atoms with van der Waals surface area (Å²) in [4.78, 5) is 16.0. The first-order valence-corrected chi connectivity index (χ1v) is 6.05. The lowest BCUT2D eigenvalue weighted by Crippen LogP contribution is -2.13. The second kappa shape index (κ2) is 5.18. The van der Waals surface area contributed by atoms with Gasteiger partial charge in [0.05, 0.1) is 11.0 Å². The fourth-order valence-corrected chi connectivity index (χ4v) is 1.88. The van der Waals surface area contributed by atoms with E-state index in [1.54, 1.807) is 0 Å². The van der Waals surface area contributed by atoms with Crippen LogP contribution < -0.4 is 11.1 Å². The third-order valence-corrected chi connectivity index (χ3v) is 3.00. The summed E-state index contributed by atoms with van der Waals surface area (Å²) in [5.41, 5.74) is 8.11. The van der Waals surface area contributed by atoms with E-state index in [0.717, 1.165) is 22.5 Å². The Kier molecular flexibility index (Phi) is 3.62. The zero-order valence-electron chi connectivity index (χ0n) is 10.7. The minimum Gasteiger partial charge on any atom is -0.331 e. The Morgan fingerprint density at radius 3 is 3.00 bits per heavy atom. The molecule has 3 N–H and O–H groups in total. The van der Waals surface area contributed by atoms with Crippen LogP contribution >= 0.6 is 0 Å². The summed E-state index contributed by atoms with van der Waals surface area (Å²) in [7, 11) is 1.98. The maximum atomic E-state index is 11.6. The number of amides is 1. The molecule has 0 aliphatic carbocycles. The third kappa shape index (κ3) is 2.51. The van der Waals surface area contributed by atoms with Gasteiger partial charge >= 0.3 is 0 Å². The van der Waals surface area contributed by atoms with E-state index in [1.807, 2.05) is 36.7 Å². The van der Waals surface area contributed by atoms with Gasteiger partial charge in [0.25, 0.3) is 0 Å². The topological polar surface area (TPSA) is 72.9 Å². The lowest BCUT2D eigenvalue weighted by molar-refractivity contribution is -0.116. The smallest absolute Gasteiger partial charge is 0.224 e. The van der Waals surface area contributed by atoms with Crippen LogP contribution in [0.3, 0.4) is 0 Å². The van der Waals surface area contributed by atoms with Crippen LogP contribution in [0.5, 0.6) is 0 Å². The number of hydrogen-bond acceptors (Lipinski definition) is 3. The number of nitrogens with two attached hydrogens (primary N) is 1. The van der Waals surface area contributed by atoms with Crippen LogP contribution in [-0.4, -0.2) is 22.0 Å². The average Bonchev–Trinajstić information content (AvgIpc) is 2.62. The molecule has 0 aliphatic heterocycles. The molecule has 1 aromatic carbocycles. The highest BCUT2D eigenvalue weighted by atomic mass is 16.1. The van der Waals surface area contributed by atoms with Crippen LogP contribution in [0.2, 0.25) is 0 Å². The average molecular weight is 246 g/mol. The second-order valence-electron chi connectivity index (χ2n) is 4.36. The molecule has 1 amide bonds. The molecule has 0 fully saturated rings. The first-order valence-electron chi connectivity index (χ1n) is 6.05. The lowest BCUT2D eigenvalue weighted by Gasteiger charge is -2.04. The number of anilines is 1. The molecular weight excluding hydrogens is 228 g/mol. The van der Waals surface area contributed by atoms with E-state index in [0.29, 0.717) is 19.4 Å². The fraction of sp³-hybridized carbons (Fsp3) is 0.385. The number of nitrogens with zero attached hydrogens (tertiary/aromatic N) is 2. The summed E-state index contributed by atoms with van der Waals surface area (Å²) in [5, 5.41) is 2.85. The molecule has 0 unspecified atom stereocenters. The lowest BCUT2D eigenvalue weighted by atomic mass is 10.2. The Morgan fingerprint density at radius 2 is 2.28 bits per heavy atom. The van der Waals surface area contributed by atoms with Crippen LogP contribution in [0, 0.1) is 6.92 Å². The van der Waals surface area contributed by atoms with Gasteiger partial charge in [-0.2, -0.15) is 0 Å². The molecule has 96 valence electrons. The van der Waals surface area contributed by atoms with Crippen molar-refractivity contribution in [2.45, 2.75) is 19.8 Å². The van der Waals surface area contributed by atoms with Crippen molar-refractivity contribution in [1.82, 2.24) is 9.55 Å². The highest BCUT2D eigenvalue weighted by Crippen LogP contribution is 2.19. The number of benzene rings is 1. The van der Waals surface area contributed by atoms with Crippen molar-refractivity contribution in [3.05, 3.63) is 24.0 Å². The summed E-state index contributed by atoms with van der Waals surface area (Å²) in [5.74, 6) is 0.948. The summed E-state index contributed by atoms with van der Waals surface area (Å²) >= 11 is 0. The van der Waals surface area contributed by atoms with Gasteiger partial charge in [0, 0.05) is 19.2 Å². The van der Waals surface area contributed by atoms with Crippen molar-refractivity contribution in [2.75, 3.05) is 11.9 Å². The number of carbonyl (C=O) groups is 1. The molecular formula is C13H18N4O. The predicted molar refractivity (Wildman–Crippen MR) is 72.4 cm³/mol. The molecule has 0 radical (unpaired) electrons. The standard InChI is InChI=1S/C13H18N4O/c1-9-15-11-8-10(5-6-12(11)17(9)2)16-13(18)4-3-7-14/h5-6,8H,3-4,7,14H2,1-2H3,(H,16,18). The van der Waals surface area contributed by atoms with E-state index in [2.05, 4.69) is 10.3 Å². The molecule has 5 nitrogen and oxygen atoms in total. The van der Waals surface area contributed by atoms with Crippen molar-refractivity contribution < 1.29 is 4.79 Å². The normalized spacial score (nSPS) is 10.8. The van der Waals surface area contributed by atoms with Gasteiger partial charge in [0.15, 0.2) is 0 Å². The van der Waals surface area contributed by atoms with Crippen LogP contribution in [0.4, 0.5) is 5.69 Å². The number of aromatic nitrogens is 2. The van der Waals surface area contributed by atoms with Gasteiger partial charge in [0.2, 0.25) is 5.91 Å². The minimum atomic E-state index is -0.00699. The summed E-state index contributed by atoms with van der Waals surface area (Å²) in [6, 6.07) is 5.75. The molecule has 0 atom stereocenters. The van der Waals surface area contributed by atoms with Crippen LogP contribution in [-0.2, 0) is 11.8 Å². The van der Waals surface area contributed by atoms with E-state index in [1.165, 1.54) is 0 Å². The van der Waals surface area contributed by atoms with Crippen LogP contribution in [0.1, 0.15) is 18.7 Å². The number of fused-ring (bicyclic) bond motifs is 1. The Morgan fingerprint density at radius 1 is 1.50 bits per heavy atom. The quantitative estimate of drug-likeness (QED) is 0.859. The molecule has 2 rings (SSSR count). The van der Waals surface area contributed by atoms with Crippen molar-refractivity contribution in [3.63, 3.8) is 0 Å². The number of hydrogen-bond donors (Lipinski definition) is 2. The van der Waals surface area contributed by atoms with E-state index in [9.17, 15) is 4.79 Å². The van der Waals surface area contributed by atoms with E-state index >= 15 is 0 Å². The number of imidazole rings is 1. The zero-order chi connectivity index (χ0) is 13.1. The Labute approximate surface area is 106 Å². The maximum Gasteiger partial charge on any atom is 0.224 e. The summed E-state index contributed by atoms with van der Waals surface area (Å²) < 4.78 is 2.02. The van der Waals surface area contributed by atoms with Gasteiger partial charge < -0.3 is 15.6 Å². The van der Waals surface area contributed by atoms with E-state index < -0.39 is 0 Å². The van der Waals surface area contributed by atoms with Crippen molar-refractivity contribution >= 4 is 22.6 Å². The van der Waals surface area contributed by atoms with Crippen molar-refractivity contribution in [1.29, 1.82) is 0 Å². The maximum absolute atomic E-state index is 11.6. The Bertz CT molecular complexity index is 574. The van der Waals surface area contributed by atoms with Crippen molar-refractivity contribution in [3.8, 4) is 0 Å². The highest BCUT2D eigenvalue weighted by molar-refractivity contribution is 5.93. The predicted octanol–water partition coefficient (Wildman–Crippen LogP) is 1.56. The van der Waals surface area contributed by atoms with Gasteiger partial charge in [-0.05, 0) is 38.1 Å². The van der Waals surface area contributed by atoms with Crippen molar-refractivity contribution in [2.24, 2.45) is 12.8 Å². The molecule has 0 saturated heterocycles. The number of aryl methyl sites for hydroxylation is 2. The fourth-order valence-electron chi connectivity index (χ4n) is 1.88. The van der Waals surface area contributed by atoms with E-state index in [4.69, 9.17) is 5.73 Å². The second-order valence-corrected chi connectivity index (χ2v) is 4.36. The SMILES string of the molecule is Cc1nc2cc(NC(=O)CCCN)ccc2n1C. The number of rotatable bonds is 4. The first-order chi connectivity index (χ1) is 8.61. The van der Waals surface area contributed by atoms with Gasteiger partial charge in [-0.1, -0.05) is 0 Å². The van der Waals surface area contributed by atoms with Crippen LogP contribution in [0.15, 0.2) is 18.2 Å². The van der Waals surface area contributed by atoms with Gasteiger partial charge in [-0.15, -0.1) is 0 Å². The molecule has 18 heavy (non-hydrogen) atoms. The van der Waals surface area contributed by atoms with Gasteiger partial charge in [-0.25, -0.2) is 4.98 Å². The zero-order valence-corrected chi connectivity index (χ0v) is 10.7. The molecule has 1 heterocycles. The molecule has 0 aliphatic rings. The molecule has 1 aromatic heterocycles. The molecule has 0 spiro atoms. The first kappa shape index (κ1) is 12.6. The minimum absolute atomic E-state index is 0.00699. The molecule has 5 heteroatoms. The monoisotopic (exact) mass is 246 g/mol. The number of carbonyl (C=O) groups excluding carboxylic acids is 1. The Balaban J connectivity index is 2.17. The highest BCUT2D eigenvalue weighted by Gasteiger charge is 2.06. The largest absolute Gasteiger partial charge is 0.331 e. The molecule has 2 aromatic rings. The molecule has 0 bridgehead atoms. The number of nitrogens with one attached hydrogen (secondary N) is 1. The van der Waals surface area contributed by atoms with Crippen LogP contribution in [0.25, 0.3) is 11.0 Å². The third-order valence-electron chi connectivity index (χ3n) is 3.00. The van der Waals surface area contributed by atoms with Gasteiger partial charge in [-0.3, -0.25) is 4.79 Å². The molecule has 0 saturated carbocycles. The van der Waals surface area contributed by atoms with Gasteiger partial charge in [0.1, 0.15) is 5.82 Å². The Hall–Kier alpha value is -1.88. The summed E-state index contributed by atoms with van der Waals surface area (Å²) in [6.45, 7) is 2.49.